The van der Waals surface area contributed by atoms with E-state index in [9.17, 15) is 4.79 Å². The van der Waals surface area contributed by atoms with Gasteiger partial charge in [-0.05, 0) is 12.3 Å². The van der Waals surface area contributed by atoms with E-state index in [0.29, 0.717) is 23.9 Å². The van der Waals surface area contributed by atoms with Crippen molar-refractivity contribution in [2.24, 2.45) is 17.6 Å². The maximum atomic E-state index is 11.2. The fourth-order valence-corrected chi connectivity index (χ4v) is 1.23. The number of nitrogens with one attached hydrogen (secondary N) is 1. The second-order valence-corrected chi connectivity index (χ2v) is 3.85. The van der Waals surface area contributed by atoms with E-state index in [4.69, 9.17) is 5.73 Å². The van der Waals surface area contributed by atoms with Crippen LogP contribution in [0.5, 0.6) is 0 Å². The highest BCUT2D eigenvalue weighted by Gasteiger charge is 2.38. The summed E-state index contributed by atoms with van der Waals surface area (Å²) in [5, 5.41) is 2.80. The predicted octanol–water partition coefficient (Wildman–Crippen LogP) is 0.435. The number of amides is 1. The van der Waals surface area contributed by atoms with Crippen molar-refractivity contribution < 1.29 is 4.79 Å². The molecule has 1 aliphatic carbocycles. The van der Waals surface area contributed by atoms with Gasteiger partial charge in [0.2, 0.25) is 5.91 Å². The lowest BCUT2D eigenvalue weighted by atomic mass is 10.3. The first kappa shape index (κ1) is 9.45. The van der Waals surface area contributed by atoms with Crippen LogP contribution >= 0.6 is 12.2 Å². The third-order valence-electron chi connectivity index (χ3n) is 2.12. The van der Waals surface area contributed by atoms with Crippen LogP contribution in [0.2, 0.25) is 0 Å². The number of hydrogen-bond acceptors (Lipinski definition) is 2. The summed E-state index contributed by atoms with van der Waals surface area (Å²) in [6.07, 6.45) is 1.63. The van der Waals surface area contributed by atoms with Crippen molar-refractivity contribution in [3.05, 3.63) is 0 Å². The highest BCUT2D eigenvalue weighted by atomic mass is 32.1. The number of carbonyl (C=O) groups excluding carboxylic acids is 1. The molecule has 0 aromatic carbocycles. The van der Waals surface area contributed by atoms with Crippen molar-refractivity contribution >= 4 is 23.1 Å². The zero-order chi connectivity index (χ0) is 9.14. The minimum Gasteiger partial charge on any atom is -0.393 e. The summed E-state index contributed by atoms with van der Waals surface area (Å²) in [5.74, 6) is 0.963. The van der Waals surface area contributed by atoms with E-state index >= 15 is 0 Å². The lowest BCUT2D eigenvalue weighted by Gasteiger charge is -2.02. The van der Waals surface area contributed by atoms with E-state index in [0.717, 1.165) is 6.42 Å². The molecule has 3 nitrogen and oxygen atoms in total. The standard InChI is InChI=1S/C8H14N2OS/c1-5-4-6(5)8(11)10-3-2-7(9)12/h5-6H,2-4H2,1H3,(H2,9,12)(H,10,11). The molecule has 1 rings (SSSR count). The molecule has 0 spiro atoms. The van der Waals surface area contributed by atoms with Crippen LogP contribution in [0.25, 0.3) is 0 Å². The molecule has 0 saturated heterocycles. The fourth-order valence-electron chi connectivity index (χ4n) is 1.13. The van der Waals surface area contributed by atoms with E-state index in [-0.39, 0.29) is 11.8 Å². The molecule has 1 aliphatic rings. The van der Waals surface area contributed by atoms with E-state index in [1.165, 1.54) is 0 Å². The second kappa shape index (κ2) is 3.85. The molecule has 12 heavy (non-hydrogen) atoms. The molecule has 1 amide bonds. The monoisotopic (exact) mass is 186 g/mol. The first-order valence-corrected chi connectivity index (χ1v) is 4.58. The summed E-state index contributed by atoms with van der Waals surface area (Å²) in [7, 11) is 0. The molecule has 1 fully saturated rings. The zero-order valence-corrected chi connectivity index (χ0v) is 7.99. The molecular formula is C8H14N2OS. The zero-order valence-electron chi connectivity index (χ0n) is 7.17. The number of carbonyl (C=O) groups is 1. The first-order chi connectivity index (χ1) is 5.61. The topological polar surface area (TPSA) is 55.1 Å². The molecule has 2 unspecified atom stereocenters. The molecule has 4 heteroatoms. The molecule has 3 N–H and O–H groups in total. The van der Waals surface area contributed by atoms with Crippen LogP contribution in [0, 0.1) is 11.8 Å². The summed E-state index contributed by atoms with van der Waals surface area (Å²) >= 11 is 4.68. The van der Waals surface area contributed by atoms with Gasteiger partial charge in [0.1, 0.15) is 0 Å². The van der Waals surface area contributed by atoms with Crippen LogP contribution in [-0.2, 0) is 4.79 Å². The van der Waals surface area contributed by atoms with Crippen molar-refractivity contribution in [2.75, 3.05) is 6.54 Å². The van der Waals surface area contributed by atoms with Crippen LogP contribution in [-0.4, -0.2) is 17.4 Å². The molecule has 0 aromatic rings. The summed E-state index contributed by atoms with van der Waals surface area (Å²) in [4.78, 5) is 11.7. The molecular weight excluding hydrogens is 172 g/mol. The van der Waals surface area contributed by atoms with Gasteiger partial charge in [0.15, 0.2) is 0 Å². The Morgan fingerprint density at radius 1 is 1.75 bits per heavy atom. The first-order valence-electron chi connectivity index (χ1n) is 4.17. The van der Waals surface area contributed by atoms with Gasteiger partial charge >= 0.3 is 0 Å². The number of thiocarbonyl (C=S) groups is 1. The van der Waals surface area contributed by atoms with Crippen molar-refractivity contribution in [3.63, 3.8) is 0 Å². The van der Waals surface area contributed by atoms with Crippen molar-refractivity contribution in [3.8, 4) is 0 Å². The fraction of sp³-hybridized carbons (Fsp3) is 0.750. The summed E-state index contributed by atoms with van der Waals surface area (Å²) in [5.41, 5.74) is 5.28. The van der Waals surface area contributed by atoms with Gasteiger partial charge in [0.25, 0.3) is 0 Å². The molecule has 0 heterocycles. The molecule has 0 bridgehead atoms. The third kappa shape index (κ3) is 2.77. The smallest absolute Gasteiger partial charge is 0.223 e. The second-order valence-electron chi connectivity index (χ2n) is 3.33. The van der Waals surface area contributed by atoms with E-state index in [1.807, 2.05) is 0 Å². The highest BCUT2D eigenvalue weighted by molar-refractivity contribution is 7.80. The molecule has 0 aromatic heterocycles. The predicted molar refractivity (Wildman–Crippen MR) is 51.7 cm³/mol. The van der Waals surface area contributed by atoms with Gasteiger partial charge < -0.3 is 11.1 Å². The van der Waals surface area contributed by atoms with Gasteiger partial charge in [0.05, 0.1) is 4.99 Å². The van der Waals surface area contributed by atoms with Crippen molar-refractivity contribution in [1.82, 2.24) is 5.32 Å². The maximum absolute atomic E-state index is 11.2. The molecule has 68 valence electrons. The van der Waals surface area contributed by atoms with Crippen LogP contribution < -0.4 is 11.1 Å². The van der Waals surface area contributed by atoms with E-state index in [2.05, 4.69) is 24.5 Å². The van der Waals surface area contributed by atoms with Gasteiger partial charge in [-0.1, -0.05) is 19.1 Å². The van der Waals surface area contributed by atoms with Gasteiger partial charge in [0, 0.05) is 18.9 Å². The average Bonchev–Trinajstić information content (AvgIpc) is 2.66. The summed E-state index contributed by atoms with van der Waals surface area (Å²) in [6.45, 7) is 2.66. The number of nitrogens with two attached hydrogens (primary N) is 1. The van der Waals surface area contributed by atoms with Crippen LogP contribution in [0.1, 0.15) is 19.8 Å². The Kier molecular flexibility index (Phi) is 3.03. The van der Waals surface area contributed by atoms with Gasteiger partial charge in [-0.25, -0.2) is 0 Å². The van der Waals surface area contributed by atoms with Crippen LogP contribution in [0.4, 0.5) is 0 Å². The van der Waals surface area contributed by atoms with Crippen molar-refractivity contribution in [2.45, 2.75) is 19.8 Å². The van der Waals surface area contributed by atoms with Crippen LogP contribution in [0.3, 0.4) is 0 Å². The summed E-state index contributed by atoms with van der Waals surface area (Å²) in [6, 6.07) is 0. The van der Waals surface area contributed by atoms with Gasteiger partial charge in [-0.2, -0.15) is 0 Å². The maximum Gasteiger partial charge on any atom is 0.223 e. The molecule has 1 saturated carbocycles. The quantitative estimate of drug-likeness (QED) is 0.626. The summed E-state index contributed by atoms with van der Waals surface area (Å²) < 4.78 is 0. The normalized spacial score (nSPS) is 26.4. The Labute approximate surface area is 77.7 Å². The van der Waals surface area contributed by atoms with Crippen LogP contribution in [0.15, 0.2) is 0 Å². The Bertz CT molecular complexity index is 205. The Balaban J connectivity index is 2.07. The molecule has 0 aliphatic heterocycles. The SMILES string of the molecule is CC1CC1C(=O)NCCC(N)=S. The Morgan fingerprint density at radius 3 is 2.75 bits per heavy atom. The molecule has 2 atom stereocenters. The minimum atomic E-state index is 0.152. The van der Waals surface area contributed by atoms with E-state index in [1.54, 1.807) is 0 Å². The Morgan fingerprint density at radius 2 is 2.33 bits per heavy atom. The molecule has 0 radical (unpaired) electrons. The lowest BCUT2D eigenvalue weighted by Crippen LogP contribution is -2.28. The number of hydrogen-bond donors (Lipinski definition) is 2. The van der Waals surface area contributed by atoms with Gasteiger partial charge in [-0.15, -0.1) is 0 Å². The minimum absolute atomic E-state index is 0.152. The third-order valence-corrected chi connectivity index (χ3v) is 2.32. The number of rotatable bonds is 4. The highest BCUT2D eigenvalue weighted by Crippen LogP contribution is 2.37. The van der Waals surface area contributed by atoms with Crippen molar-refractivity contribution in [1.29, 1.82) is 0 Å². The Hall–Kier alpha value is -0.640. The van der Waals surface area contributed by atoms with E-state index < -0.39 is 0 Å². The average molecular weight is 186 g/mol. The van der Waals surface area contributed by atoms with Gasteiger partial charge in [-0.3, -0.25) is 4.79 Å². The lowest BCUT2D eigenvalue weighted by molar-refractivity contribution is -0.122. The largest absolute Gasteiger partial charge is 0.393 e.